The molecule has 1 atom stereocenters. The molecular weight excluding hydrogens is 195 g/mol. The molecule has 15 heavy (non-hydrogen) atoms. The molecule has 0 aliphatic rings. The number of nitrogens with one attached hydrogen (secondary N) is 1. The van der Waals surface area contributed by atoms with Crippen molar-refractivity contribution in [2.45, 2.75) is 26.3 Å². The van der Waals surface area contributed by atoms with E-state index in [1.54, 1.807) is 13.0 Å². The molecule has 4 heteroatoms. The number of halogens is 1. The van der Waals surface area contributed by atoms with Gasteiger partial charge >= 0.3 is 0 Å². The van der Waals surface area contributed by atoms with Crippen molar-refractivity contribution in [3.63, 3.8) is 0 Å². The van der Waals surface area contributed by atoms with Crippen molar-refractivity contribution in [3.05, 3.63) is 29.6 Å². The highest BCUT2D eigenvalue weighted by molar-refractivity contribution is 5.94. The Hall–Kier alpha value is -1.42. The topological polar surface area (TPSA) is 55.1 Å². The Morgan fingerprint density at radius 3 is 2.73 bits per heavy atom. The number of anilines is 1. The summed E-state index contributed by atoms with van der Waals surface area (Å²) in [5.41, 5.74) is 6.74. The van der Waals surface area contributed by atoms with Gasteiger partial charge in [-0.05, 0) is 37.1 Å². The summed E-state index contributed by atoms with van der Waals surface area (Å²) in [7, 11) is 0. The minimum Gasteiger partial charge on any atom is -0.325 e. The highest BCUT2D eigenvalue weighted by atomic mass is 19.1. The first-order valence-electron chi connectivity index (χ1n) is 4.86. The summed E-state index contributed by atoms with van der Waals surface area (Å²) < 4.78 is 13.0. The largest absolute Gasteiger partial charge is 0.325 e. The van der Waals surface area contributed by atoms with Gasteiger partial charge in [0.1, 0.15) is 5.82 Å². The van der Waals surface area contributed by atoms with E-state index in [0.717, 1.165) is 5.56 Å². The van der Waals surface area contributed by atoms with E-state index in [1.807, 2.05) is 6.92 Å². The van der Waals surface area contributed by atoms with Crippen LogP contribution in [0.5, 0.6) is 0 Å². The number of nitrogens with two attached hydrogens (primary N) is 1. The van der Waals surface area contributed by atoms with Crippen LogP contribution in [-0.4, -0.2) is 11.9 Å². The minimum atomic E-state index is -0.548. The van der Waals surface area contributed by atoms with Crippen molar-refractivity contribution in [2.75, 3.05) is 5.32 Å². The lowest BCUT2D eigenvalue weighted by Gasteiger charge is -2.10. The zero-order chi connectivity index (χ0) is 11.4. The number of aryl methyl sites for hydroxylation is 1. The SMILES string of the molecule is CC[C@@H](N)C(=O)Nc1cc(C)cc(F)c1. The fourth-order valence-corrected chi connectivity index (χ4v) is 1.23. The molecule has 0 bridgehead atoms. The molecule has 0 aliphatic heterocycles. The lowest BCUT2D eigenvalue weighted by molar-refractivity contribution is -0.117. The second-order valence-electron chi connectivity index (χ2n) is 3.52. The predicted molar refractivity (Wildman–Crippen MR) is 58.0 cm³/mol. The molecule has 0 aromatic heterocycles. The van der Waals surface area contributed by atoms with E-state index in [9.17, 15) is 9.18 Å². The van der Waals surface area contributed by atoms with Crippen molar-refractivity contribution < 1.29 is 9.18 Å². The van der Waals surface area contributed by atoms with Crippen molar-refractivity contribution in [3.8, 4) is 0 Å². The van der Waals surface area contributed by atoms with E-state index in [1.165, 1.54) is 12.1 Å². The maximum atomic E-state index is 13.0. The Balaban J connectivity index is 2.76. The van der Waals surface area contributed by atoms with Gasteiger partial charge in [-0.15, -0.1) is 0 Å². The van der Waals surface area contributed by atoms with E-state index < -0.39 is 6.04 Å². The second-order valence-corrected chi connectivity index (χ2v) is 3.52. The fourth-order valence-electron chi connectivity index (χ4n) is 1.23. The van der Waals surface area contributed by atoms with Gasteiger partial charge in [0.05, 0.1) is 6.04 Å². The Morgan fingerprint density at radius 2 is 2.20 bits per heavy atom. The maximum Gasteiger partial charge on any atom is 0.241 e. The molecule has 0 unspecified atom stereocenters. The van der Waals surface area contributed by atoms with E-state index in [2.05, 4.69) is 5.32 Å². The van der Waals surface area contributed by atoms with Crippen LogP contribution in [0.3, 0.4) is 0 Å². The monoisotopic (exact) mass is 210 g/mol. The molecule has 1 amide bonds. The van der Waals surface area contributed by atoms with E-state index in [4.69, 9.17) is 5.73 Å². The molecular formula is C11H15FN2O. The molecule has 0 heterocycles. The number of carbonyl (C=O) groups is 1. The summed E-state index contributed by atoms with van der Waals surface area (Å²) in [6, 6.07) is 3.82. The van der Waals surface area contributed by atoms with Crippen LogP contribution in [0.1, 0.15) is 18.9 Å². The first-order valence-corrected chi connectivity index (χ1v) is 4.86. The fraction of sp³-hybridized carbons (Fsp3) is 0.364. The molecule has 1 aromatic rings. The molecule has 0 spiro atoms. The van der Waals surface area contributed by atoms with Gasteiger partial charge in [0.15, 0.2) is 0 Å². The number of hydrogen-bond donors (Lipinski definition) is 2. The Kier molecular flexibility index (Phi) is 3.80. The standard InChI is InChI=1S/C11H15FN2O/c1-3-10(13)11(15)14-9-5-7(2)4-8(12)6-9/h4-6,10H,3,13H2,1-2H3,(H,14,15)/t10-/m1/s1. The Bertz CT molecular complexity index is 345. The van der Waals surface area contributed by atoms with Crippen LogP contribution < -0.4 is 11.1 Å². The normalized spacial score (nSPS) is 12.3. The lowest BCUT2D eigenvalue weighted by atomic mass is 10.2. The molecule has 0 saturated heterocycles. The predicted octanol–water partition coefficient (Wildman–Crippen LogP) is 1.81. The van der Waals surface area contributed by atoms with Gasteiger partial charge in [-0.1, -0.05) is 6.92 Å². The highest BCUT2D eigenvalue weighted by Crippen LogP contribution is 2.13. The number of amides is 1. The maximum absolute atomic E-state index is 13.0. The average molecular weight is 210 g/mol. The van der Waals surface area contributed by atoms with Gasteiger partial charge in [0.25, 0.3) is 0 Å². The Morgan fingerprint density at radius 1 is 1.53 bits per heavy atom. The van der Waals surface area contributed by atoms with Gasteiger partial charge in [-0.25, -0.2) is 4.39 Å². The van der Waals surface area contributed by atoms with Crippen LogP contribution >= 0.6 is 0 Å². The van der Waals surface area contributed by atoms with Crippen molar-refractivity contribution in [2.24, 2.45) is 5.73 Å². The third-order valence-electron chi connectivity index (χ3n) is 2.09. The molecule has 0 radical (unpaired) electrons. The molecule has 3 N–H and O–H groups in total. The van der Waals surface area contributed by atoms with Crippen LogP contribution in [0.15, 0.2) is 18.2 Å². The van der Waals surface area contributed by atoms with Crippen LogP contribution in [0.25, 0.3) is 0 Å². The van der Waals surface area contributed by atoms with Crippen molar-refractivity contribution in [1.82, 2.24) is 0 Å². The van der Waals surface area contributed by atoms with Crippen LogP contribution in [0.4, 0.5) is 10.1 Å². The van der Waals surface area contributed by atoms with Crippen molar-refractivity contribution >= 4 is 11.6 Å². The smallest absolute Gasteiger partial charge is 0.241 e. The van der Waals surface area contributed by atoms with Crippen molar-refractivity contribution in [1.29, 1.82) is 0 Å². The third-order valence-corrected chi connectivity index (χ3v) is 2.09. The van der Waals surface area contributed by atoms with Gasteiger partial charge in [0, 0.05) is 5.69 Å². The summed E-state index contributed by atoms with van der Waals surface area (Å²) in [5.74, 6) is -0.655. The summed E-state index contributed by atoms with van der Waals surface area (Å²) in [6.45, 7) is 3.58. The summed E-state index contributed by atoms with van der Waals surface area (Å²) >= 11 is 0. The highest BCUT2D eigenvalue weighted by Gasteiger charge is 2.11. The number of hydrogen-bond acceptors (Lipinski definition) is 2. The van der Waals surface area contributed by atoms with E-state index >= 15 is 0 Å². The number of benzene rings is 1. The quantitative estimate of drug-likeness (QED) is 0.799. The molecule has 0 saturated carbocycles. The molecule has 1 aromatic carbocycles. The van der Waals surface area contributed by atoms with Gasteiger partial charge in [-0.2, -0.15) is 0 Å². The zero-order valence-electron chi connectivity index (χ0n) is 8.88. The number of rotatable bonds is 3. The number of carbonyl (C=O) groups excluding carboxylic acids is 1. The zero-order valence-corrected chi connectivity index (χ0v) is 8.88. The van der Waals surface area contributed by atoms with Crippen LogP contribution in [0, 0.1) is 12.7 Å². The van der Waals surface area contributed by atoms with Gasteiger partial charge < -0.3 is 11.1 Å². The average Bonchev–Trinajstić information content (AvgIpc) is 2.14. The third kappa shape index (κ3) is 3.32. The lowest BCUT2D eigenvalue weighted by Crippen LogP contribution is -2.34. The summed E-state index contributed by atoms with van der Waals surface area (Å²) in [6.07, 6.45) is 0.556. The molecule has 3 nitrogen and oxygen atoms in total. The molecule has 0 aliphatic carbocycles. The summed E-state index contributed by atoms with van der Waals surface area (Å²) in [5, 5.41) is 2.57. The minimum absolute atomic E-state index is 0.289. The van der Waals surface area contributed by atoms with E-state index in [-0.39, 0.29) is 11.7 Å². The van der Waals surface area contributed by atoms with Crippen LogP contribution in [0.2, 0.25) is 0 Å². The second kappa shape index (κ2) is 4.89. The first-order chi connectivity index (χ1) is 7.02. The molecule has 0 fully saturated rings. The van der Waals surface area contributed by atoms with Gasteiger partial charge in [0.2, 0.25) is 5.91 Å². The first kappa shape index (κ1) is 11.7. The molecule has 1 rings (SSSR count). The van der Waals surface area contributed by atoms with Crippen LogP contribution in [-0.2, 0) is 4.79 Å². The van der Waals surface area contributed by atoms with E-state index in [0.29, 0.717) is 12.1 Å². The summed E-state index contributed by atoms with van der Waals surface area (Å²) in [4.78, 5) is 11.4. The Labute approximate surface area is 88.5 Å². The van der Waals surface area contributed by atoms with Gasteiger partial charge in [-0.3, -0.25) is 4.79 Å². The molecule has 82 valence electrons.